The zero-order chi connectivity index (χ0) is 21.2. The first kappa shape index (κ1) is 19.2. The highest BCUT2D eigenvalue weighted by atomic mass is 35.5. The molecule has 4 aromatic rings. The smallest absolute Gasteiger partial charge is 0.297 e. The third kappa shape index (κ3) is 2.85. The number of benzene rings is 2. The molecular formula is C21H13Cl2N3O3S. The SMILES string of the molecule is Cc1ccc2oc3c(c(=O)c2c1)[C@H](c1ccc(Cl)c(Cl)c1)N(c1nnc(C)s1)C3=O. The van der Waals surface area contributed by atoms with E-state index in [0.717, 1.165) is 5.56 Å². The van der Waals surface area contributed by atoms with E-state index in [4.69, 9.17) is 27.6 Å². The summed E-state index contributed by atoms with van der Waals surface area (Å²) in [5, 5.41) is 10.3. The minimum Gasteiger partial charge on any atom is -0.450 e. The number of nitrogens with zero attached hydrogens (tertiary/aromatic N) is 3. The van der Waals surface area contributed by atoms with Gasteiger partial charge in [-0.05, 0) is 43.7 Å². The highest BCUT2D eigenvalue weighted by molar-refractivity contribution is 7.15. The topological polar surface area (TPSA) is 76.3 Å². The van der Waals surface area contributed by atoms with Crippen LogP contribution in [0.3, 0.4) is 0 Å². The Labute approximate surface area is 184 Å². The summed E-state index contributed by atoms with van der Waals surface area (Å²) in [5.74, 6) is -0.447. The number of hydrogen-bond acceptors (Lipinski definition) is 6. The van der Waals surface area contributed by atoms with Crippen LogP contribution < -0.4 is 10.3 Å². The zero-order valence-corrected chi connectivity index (χ0v) is 18.1. The van der Waals surface area contributed by atoms with Crippen molar-refractivity contribution in [2.45, 2.75) is 19.9 Å². The molecule has 1 atom stereocenters. The molecular weight excluding hydrogens is 445 g/mol. The molecule has 2 aromatic heterocycles. The number of carbonyl (C=O) groups is 1. The number of aryl methyl sites for hydroxylation is 2. The number of hydrogen-bond donors (Lipinski definition) is 0. The van der Waals surface area contributed by atoms with Crippen molar-refractivity contribution >= 4 is 56.5 Å². The normalized spacial score (nSPS) is 15.8. The Morgan fingerprint density at radius 3 is 2.53 bits per heavy atom. The predicted octanol–water partition coefficient (Wildman–Crippen LogP) is 5.32. The molecule has 2 aromatic carbocycles. The third-order valence-corrected chi connectivity index (χ3v) is 6.58. The number of amides is 1. The van der Waals surface area contributed by atoms with Crippen molar-refractivity contribution < 1.29 is 9.21 Å². The van der Waals surface area contributed by atoms with Gasteiger partial charge >= 0.3 is 0 Å². The second kappa shape index (κ2) is 6.91. The average Bonchev–Trinajstić information content (AvgIpc) is 3.26. The maximum absolute atomic E-state index is 13.5. The fraction of sp³-hybridized carbons (Fsp3) is 0.143. The standard InChI is InChI=1S/C21H13Cl2N3O3S/c1-9-3-6-15-12(7-9)18(27)16-17(11-4-5-13(22)14(23)8-11)26(20(28)19(16)29-15)21-25-24-10(2)30-21/h3-8,17H,1-2H3/t17-/m0/s1. The van der Waals surface area contributed by atoms with Crippen molar-refractivity contribution in [2.75, 3.05) is 4.90 Å². The fourth-order valence-corrected chi connectivity index (χ4v) is 4.69. The van der Waals surface area contributed by atoms with E-state index < -0.39 is 11.9 Å². The predicted molar refractivity (Wildman–Crippen MR) is 117 cm³/mol. The van der Waals surface area contributed by atoms with Crippen LogP contribution in [-0.2, 0) is 0 Å². The summed E-state index contributed by atoms with van der Waals surface area (Å²) in [7, 11) is 0. The second-order valence-corrected chi connectivity index (χ2v) is 9.00. The van der Waals surface area contributed by atoms with Gasteiger partial charge in [0.15, 0.2) is 5.43 Å². The van der Waals surface area contributed by atoms with Crippen molar-refractivity contribution in [2.24, 2.45) is 0 Å². The Hall–Kier alpha value is -2.74. The van der Waals surface area contributed by atoms with E-state index in [2.05, 4.69) is 10.2 Å². The van der Waals surface area contributed by atoms with Crippen molar-refractivity contribution in [3.8, 4) is 0 Å². The maximum Gasteiger partial charge on any atom is 0.297 e. The molecule has 0 aliphatic carbocycles. The van der Waals surface area contributed by atoms with E-state index in [9.17, 15) is 9.59 Å². The molecule has 1 aliphatic rings. The van der Waals surface area contributed by atoms with Gasteiger partial charge in [0.25, 0.3) is 5.91 Å². The van der Waals surface area contributed by atoms with E-state index in [1.807, 2.05) is 13.0 Å². The van der Waals surface area contributed by atoms with Gasteiger partial charge in [-0.25, -0.2) is 0 Å². The van der Waals surface area contributed by atoms with Crippen molar-refractivity contribution in [1.29, 1.82) is 0 Å². The summed E-state index contributed by atoms with van der Waals surface area (Å²) < 4.78 is 5.92. The molecule has 0 fully saturated rings. The summed E-state index contributed by atoms with van der Waals surface area (Å²) in [4.78, 5) is 28.3. The van der Waals surface area contributed by atoms with Crippen LogP contribution in [0.25, 0.3) is 11.0 Å². The summed E-state index contributed by atoms with van der Waals surface area (Å²) in [6.07, 6.45) is 0. The lowest BCUT2D eigenvalue weighted by Crippen LogP contribution is -2.29. The molecule has 0 unspecified atom stereocenters. The summed E-state index contributed by atoms with van der Waals surface area (Å²) in [6.45, 7) is 3.69. The summed E-state index contributed by atoms with van der Waals surface area (Å²) >= 11 is 13.6. The van der Waals surface area contributed by atoms with Crippen LogP contribution in [0.4, 0.5) is 5.13 Å². The van der Waals surface area contributed by atoms with Crippen LogP contribution in [0.2, 0.25) is 10.0 Å². The first-order chi connectivity index (χ1) is 14.3. The van der Waals surface area contributed by atoms with Gasteiger partial charge < -0.3 is 4.42 Å². The Bertz CT molecular complexity index is 1410. The molecule has 1 amide bonds. The molecule has 0 spiro atoms. The molecule has 6 nitrogen and oxygen atoms in total. The van der Waals surface area contributed by atoms with Crippen LogP contribution in [0.1, 0.15) is 38.3 Å². The van der Waals surface area contributed by atoms with Crippen molar-refractivity contribution in [3.05, 3.63) is 84.1 Å². The Morgan fingerprint density at radius 1 is 1.03 bits per heavy atom. The van der Waals surface area contributed by atoms with E-state index in [1.165, 1.54) is 16.2 Å². The molecule has 0 bridgehead atoms. The van der Waals surface area contributed by atoms with Gasteiger partial charge in [0.1, 0.15) is 10.6 Å². The highest BCUT2D eigenvalue weighted by Crippen LogP contribution is 2.43. The van der Waals surface area contributed by atoms with Gasteiger partial charge in [-0.15, -0.1) is 10.2 Å². The highest BCUT2D eigenvalue weighted by Gasteiger charge is 2.45. The lowest BCUT2D eigenvalue weighted by atomic mass is 9.98. The zero-order valence-electron chi connectivity index (χ0n) is 15.8. The molecule has 0 radical (unpaired) electrons. The summed E-state index contributed by atoms with van der Waals surface area (Å²) in [5.41, 5.74) is 1.90. The number of carbonyl (C=O) groups excluding carboxylic acids is 1. The first-order valence-corrected chi connectivity index (χ1v) is 10.6. The second-order valence-electron chi connectivity index (χ2n) is 7.03. The molecule has 0 saturated carbocycles. The molecule has 1 aliphatic heterocycles. The van der Waals surface area contributed by atoms with E-state index in [0.29, 0.717) is 36.7 Å². The van der Waals surface area contributed by atoms with Gasteiger partial charge in [0.2, 0.25) is 10.9 Å². The van der Waals surface area contributed by atoms with Crippen LogP contribution in [0.15, 0.2) is 45.6 Å². The number of rotatable bonds is 2. The van der Waals surface area contributed by atoms with Crippen LogP contribution >= 0.6 is 34.5 Å². The minimum absolute atomic E-state index is 0.000258. The van der Waals surface area contributed by atoms with E-state index in [1.54, 1.807) is 37.3 Å². The monoisotopic (exact) mass is 457 g/mol. The maximum atomic E-state index is 13.5. The van der Waals surface area contributed by atoms with Gasteiger partial charge in [0, 0.05) is 0 Å². The molecule has 5 rings (SSSR count). The van der Waals surface area contributed by atoms with Crippen LogP contribution in [-0.4, -0.2) is 16.1 Å². The number of halogens is 2. The molecule has 0 saturated heterocycles. The Morgan fingerprint density at radius 2 is 1.83 bits per heavy atom. The number of anilines is 1. The van der Waals surface area contributed by atoms with Gasteiger partial charge in [-0.3, -0.25) is 14.5 Å². The lowest BCUT2D eigenvalue weighted by molar-refractivity contribution is 0.0970. The quantitative estimate of drug-likeness (QED) is 0.407. The average molecular weight is 458 g/mol. The molecule has 3 heterocycles. The fourth-order valence-electron chi connectivity index (χ4n) is 3.67. The van der Waals surface area contributed by atoms with E-state index in [-0.39, 0.29) is 16.8 Å². The van der Waals surface area contributed by atoms with Gasteiger partial charge in [-0.2, -0.15) is 0 Å². The number of fused-ring (bicyclic) bond motifs is 2. The van der Waals surface area contributed by atoms with Crippen molar-refractivity contribution in [1.82, 2.24) is 10.2 Å². The molecule has 0 N–H and O–H groups in total. The minimum atomic E-state index is -0.754. The summed E-state index contributed by atoms with van der Waals surface area (Å²) in [6, 6.07) is 9.56. The molecule has 150 valence electrons. The largest absolute Gasteiger partial charge is 0.450 e. The molecule has 9 heteroatoms. The third-order valence-electron chi connectivity index (χ3n) is 5.01. The van der Waals surface area contributed by atoms with Gasteiger partial charge in [-0.1, -0.05) is 52.2 Å². The van der Waals surface area contributed by atoms with Crippen LogP contribution in [0.5, 0.6) is 0 Å². The molecule has 30 heavy (non-hydrogen) atoms. The van der Waals surface area contributed by atoms with E-state index >= 15 is 0 Å². The van der Waals surface area contributed by atoms with Crippen molar-refractivity contribution in [3.63, 3.8) is 0 Å². The first-order valence-electron chi connectivity index (χ1n) is 9.01. The number of aromatic nitrogens is 2. The van der Waals surface area contributed by atoms with Gasteiger partial charge in [0.05, 0.1) is 27.0 Å². The lowest BCUT2D eigenvalue weighted by Gasteiger charge is -2.22. The Kier molecular flexibility index (Phi) is 4.43. The van der Waals surface area contributed by atoms with Crippen LogP contribution in [0, 0.1) is 13.8 Å². The Balaban J connectivity index is 1.84.